The average molecular weight is 349 g/mol. The van der Waals surface area contributed by atoms with Crippen molar-refractivity contribution in [2.24, 2.45) is 0 Å². The molecule has 2 N–H and O–H groups in total. The fraction of sp³-hybridized carbons (Fsp3) is 0.444. The molecule has 2 aromatic rings. The van der Waals surface area contributed by atoms with Crippen LogP contribution in [0.4, 0.5) is 0 Å². The molecule has 2 rings (SSSR count). The highest BCUT2D eigenvalue weighted by Crippen LogP contribution is 2.19. The summed E-state index contributed by atoms with van der Waals surface area (Å²) in [5.74, 6) is 0.0237. The molecule has 5 nitrogen and oxygen atoms in total. The van der Waals surface area contributed by atoms with Gasteiger partial charge < -0.3 is 10.6 Å². The number of aryl methyl sites for hydroxylation is 1. The van der Waals surface area contributed by atoms with Crippen LogP contribution in [0.15, 0.2) is 24.3 Å². The van der Waals surface area contributed by atoms with Gasteiger partial charge in [-0.25, -0.2) is 0 Å². The minimum absolute atomic E-state index is 0.0237. The monoisotopic (exact) mass is 348 g/mol. The summed E-state index contributed by atoms with van der Waals surface area (Å²) in [6.07, 6.45) is 0.943. The quantitative estimate of drug-likeness (QED) is 0.771. The van der Waals surface area contributed by atoms with Crippen molar-refractivity contribution in [3.05, 3.63) is 51.8 Å². The van der Waals surface area contributed by atoms with Gasteiger partial charge in [-0.15, -0.1) is 0 Å². The number of halogens is 1. The predicted octanol–water partition coefficient (Wildman–Crippen LogP) is 2.82. The molecule has 1 amide bonds. The normalized spacial score (nSPS) is 10.8. The largest absolute Gasteiger partial charge is 0.355 e. The van der Waals surface area contributed by atoms with E-state index in [4.69, 9.17) is 11.6 Å². The summed E-state index contributed by atoms with van der Waals surface area (Å²) in [4.78, 5) is 11.6. The minimum atomic E-state index is 0.0237. The van der Waals surface area contributed by atoms with Gasteiger partial charge in [-0.05, 0) is 31.9 Å². The predicted molar refractivity (Wildman–Crippen MR) is 97.3 cm³/mol. The van der Waals surface area contributed by atoms with Gasteiger partial charge in [0, 0.05) is 29.4 Å². The summed E-state index contributed by atoms with van der Waals surface area (Å²) in [5.41, 5.74) is 4.24. The molecule has 130 valence electrons. The van der Waals surface area contributed by atoms with E-state index >= 15 is 0 Å². The smallest absolute Gasteiger partial charge is 0.233 e. The van der Waals surface area contributed by atoms with E-state index in [-0.39, 0.29) is 5.91 Å². The molecule has 0 bridgehead atoms. The summed E-state index contributed by atoms with van der Waals surface area (Å²) in [7, 11) is 0. The molecular formula is C18H25ClN4O. The molecule has 0 saturated carbocycles. The van der Waals surface area contributed by atoms with Crippen LogP contribution in [0.1, 0.15) is 35.9 Å². The first-order valence-corrected chi connectivity index (χ1v) is 8.64. The summed E-state index contributed by atoms with van der Waals surface area (Å²) >= 11 is 6.24. The number of nitrogens with one attached hydrogen (secondary N) is 2. The lowest BCUT2D eigenvalue weighted by atomic mass is 10.2. The van der Waals surface area contributed by atoms with Gasteiger partial charge in [-0.3, -0.25) is 9.48 Å². The van der Waals surface area contributed by atoms with Crippen LogP contribution in [-0.2, 0) is 17.9 Å². The number of hydrogen-bond donors (Lipinski definition) is 2. The van der Waals surface area contributed by atoms with Crippen molar-refractivity contribution in [1.29, 1.82) is 0 Å². The molecule has 0 saturated heterocycles. The third-order valence-electron chi connectivity index (χ3n) is 3.97. The Labute approximate surface area is 148 Å². The first kappa shape index (κ1) is 18.5. The van der Waals surface area contributed by atoms with E-state index in [2.05, 4.69) is 15.7 Å². The molecular weight excluding hydrogens is 324 g/mol. The second-order valence-corrected chi connectivity index (χ2v) is 6.26. The van der Waals surface area contributed by atoms with Crippen LogP contribution >= 0.6 is 11.6 Å². The van der Waals surface area contributed by atoms with E-state index in [0.29, 0.717) is 26.2 Å². The van der Waals surface area contributed by atoms with E-state index in [1.807, 2.05) is 49.7 Å². The van der Waals surface area contributed by atoms with Gasteiger partial charge in [-0.2, -0.15) is 5.10 Å². The van der Waals surface area contributed by atoms with E-state index in [1.54, 1.807) is 0 Å². The maximum absolute atomic E-state index is 11.6. The van der Waals surface area contributed by atoms with E-state index < -0.39 is 0 Å². The molecule has 24 heavy (non-hydrogen) atoms. The Kier molecular flexibility index (Phi) is 6.82. The lowest BCUT2D eigenvalue weighted by molar-refractivity contribution is -0.120. The van der Waals surface area contributed by atoms with Crippen molar-refractivity contribution in [3.8, 4) is 0 Å². The first-order chi connectivity index (χ1) is 11.5. The van der Waals surface area contributed by atoms with Crippen molar-refractivity contribution >= 4 is 17.5 Å². The number of nitrogens with zero attached hydrogens (tertiary/aromatic N) is 2. The second kappa shape index (κ2) is 8.85. The van der Waals surface area contributed by atoms with Crippen LogP contribution in [-0.4, -0.2) is 28.8 Å². The van der Waals surface area contributed by atoms with Gasteiger partial charge in [0.05, 0.1) is 18.8 Å². The van der Waals surface area contributed by atoms with Gasteiger partial charge in [0.1, 0.15) is 0 Å². The van der Waals surface area contributed by atoms with Crippen molar-refractivity contribution in [1.82, 2.24) is 20.4 Å². The number of hydrogen-bond acceptors (Lipinski definition) is 3. The van der Waals surface area contributed by atoms with Crippen LogP contribution in [0.5, 0.6) is 0 Å². The zero-order valence-electron chi connectivity index (χ0n) is 14.5. The van der Waals surface area contributed by atoms with Crippen LogP contribution < -0.4 is 10.6 Å². The second-order valence-electron chi connectivity index (χ2n) is 5.85. The van der Waals surface area contributed by atoms with Gasteiger partial charge in [-0.1, -0.05) is 36.7 Å². The Balaban J connectivity index is 1.99. The number of amides is 1. The van der Waals surface area contributed by atoms with Crippen LogP contribution in [0, 0.1) is 13.8 Å². The zero-order valence-corrected chi connectivity index (χ0v) is 15.3. The van der Waals surface area contributed by atoms with Crippen LogP contribution in [0.2, 0.25) is 5.02 Å². The van der Waals surface area contributed by atoms with Gasteiger partial charge in [0.25, 0.3) is 0 Å². The van der Waals surface area contributed by atoms with Crippen molar-refractivity contribution in [2.75, 3.05) is 13.1 Å². The molecule has 1 aromatic carbocycles. The van der Waals surface area contributed by atoms with Gasteiger partial charge >= 0.3 is 0 Å². The fourth-order valence-corrected chi connectivity index (χ4v) is 2.76. The number of aromatic nitrogens is 2. The van der Waals surface area contributed by atoms with E-state index in [0.717, 1.165) is 34.0 Å². The number of carbonyl (C=O) groups is 1. The van der Waals surface area contributed by atoms with Crippen molar-refractivity contribution < 1.29 is 4.79 Å². The first-order valence-electron chi connectivity index (χ1n) is 8.26. The Morgan fingerprint density at radius 1 is 1.29 bits per heavy atom. The molecule has 0 aliphatic carbocycles. The van der Waals surface area contributed by atoms with Crippen molar-refractivity contribution in [3.63, 3.8) is 0 Å². The maximum Gasteiger partial charge on any atom is 0.233 e. The van der Waals surface area contributed by atoms with E-state index in [1.165, 1.54) is 0 Å². The molecule has 0 spiro atoms. The molecule has 0 fully saturated rings. The topological polar surface area (TPSA) is 59.0 Å². The molecule has 1 heterocycles. The van der Waals surface area contributed by atoms with Crippen molar-refractivity contribution in [2.45, 2.75) is 40.3 Å². The Bertz CT molecular complexity index is 696. The SMILES string of the molecule is CCCNC(=O)CNCc1c(C)nn(Cc2ccccc2Cl)c1C. The Morgan fingerprint density at radius 2 is 2.04 bits per heavy atom. The summed E-state index contributed by atoms with van der Waals surface area (Å²) in [5, 5.41) is 11.4. The molecule has 1 aromatic heterocycles. The number of carbonyl (C=O) groups excluding carboxylic acids is 1. The summed E-state index contributed by atoms with van der Waals surface area (Å²) in [6.45, 7) is 8.37. The molecule has 6 heteroatoms. The fourth-order valence-electron chi connectivity index (χ4n) is 2.56. The Hall–Kier alpha value is -1.85. The maximum atomic E-state index is 11.6. The molecule has 0 unspecified atom stereocenters. The average Bonchev–Trinajstić information content (AvgIpc) is 2.82. The third-order valence-corrected chi connectivity index (χ3v) is 4.34. The molecule has 0 radical (unpaired) electrons. The third kappa shape index (κ3) is 4.82. The van der Waals surface area contributed by atoms with E-state index in [9.17, 15) is 4.79 Å². The minimum Gasteiger partial charge on any atom is -0.355 e. The molecule has 0 aliphatic heterocycles. The summed E-state index contributed by atoms with van der Waals surface area (Å²) < 4.78 is 1.96. The standard InChI is InChI=1S/C18H25ClN4O/c1-4-9-21-18(24)11-20-10-16-13(2)22-23(14(16)3)12-15-7-5-6-8-17(15)19/h5-8,20H,4,9-12H2,1-3H3,(H,21,24). The van der Waals surface area contributed by atoms with Crippen LogP contribution in [0.3, 0.4) is 0 Å². The highest BCUT2D eigenvalue weighted by molar-refractivity contribution is 6.31. The number of benzene rings is 1. The Morgan fingerprint density at radius 3 is 2.75 bits per heavy atom. The molecule has 0 atom stereocenters. The number of rotatable bonds is 8. The zero-order chi connectivity index (χ0) is 17.5. The molecule has 0 aliphatic rings. The van der Waals surface area contributed by atoms with Crippen LogP contribution in [0.25, 0.3) is 0 Å². The highest BCUT2D eigenvalue weighted by atomic mass is 35.5. The summed E-state index contributed by atoms with van der Waals surface area (Å²) in [6, 6.07) is 7.80. The van der Waals surface area contributed by atoms with Gasteiger partial charge in [0.2, 0.25) is 5.91 Å². The lowest BCUT2D eigenvalue weighted by Crippen LogP contribution is -2.34. The highest BCUT2D eigenvalue weighted by Gasteiger charge is 2.13. The van der Waals surface area contributed by atoms with Gasteiger partial charge in [0.15, 0.2) is 0 Å². The lowest BCUT2D eigenvalue weighted by Gasteiger charge is -2.08.